The van der Waals surface area contributed by atoms with Crippen LogP contribution in [0.2, 0.25) is 10.0 Å². The number of amides is 1. The van der Waals surface area contributed by atoms with E-state index in [4.69, 9.17) is 23.2 Å². The molecule has 192 valence electrons. The molecule has 8 heteroatoms. The minimum Gasteiger partial charge on any atom is -0.349 e. The van der Waals surface area contributed by atoms with Gasteiger partial charge in [-0.15, -0.1) is 10.2 Å². The fourth-order valence-corrected chi connectivity index (χ4v) is 5.38. The molecule has 4 aromatic rings. The first-order valence-corrected chi connectivity index (χ1v) is 13.7. The molecule has 0 unspecified atom stereocenters. The number of thioether (sulfide) groups is 1. The van der Waals surface area contributed by atoms with E-state index >= 15 is 0 Å². The minimum atomic E-state index is -0.420. The van der Waals surface area contributed by atoms with E-state index in [1.54, 1.807) is 12.1 Å². The fourth-order valence-electron chi connectivity index (χ4n) is 3.94. The van der Waals surface area contributed by atoms with E-state index in [2.05, 4.69) is 60.6 Å². The fraction of sp³-hybridized carbons (Fsp3) is 0.276. The van der Waals surface area contributed by atoms with Crippen LogP contribution < -0.4 is 5.32 Å². The summed E-state index contributed by atoms with van der Waals surface area (Å²) in [6.45, 7) is 10.3. The van der Waals surface area contributed by atoms with Gasteiger partial charge in [-0.2, -0.15) is 0 Å². The first-order chi connectivity index (χ1) is 17.5. The lowest BCUT2D eigenvalue weighted by atomic mass is 9.87. The molecule has 4 rings (SSSR count). The molecule has 37 heavy (non-hydrogen) atoms. The van der Waals surface area contributed by atoms with Crippen molar-refractivity contribution in [1.82, 2.24) is 20.1 Å². The molecule has 0 aliphatic carbocycles. The Kier molecular flexibility index (Phi) is 8.32. The van der Waals surface area contributed by atoms with Crippen molar-refractivity contribution in [1.29, 1.82) is 0 Å². The summed E-state index contributed by atoms with van der Waals surface area (Å²) in [5, 5.41) is 13.4. The van der Waals surface area contributed by atoms with Crippen molar-refractivity contribution in [2.75, 3.05) is 0 Å². The van der Waals surface area contributed by atoms with Crippen molar-refractivity contribution in [2.45, 2.75) is 56.5 Å². The third kappa shape index (κ3) is 6.38. The van der Waals surface area contributed by atoms with E-state index in [1.165, 1.54) is 17.3 Å². The van der Waals surface area contributed by atoms with Crippen LogP contribution in [0.25, 0.3) is 17.1 Å². The van der Waals surface area contributed by atoms with Crippen LogP contribution in [0.15, 0.2) is 78.0 Å². The second-order valence-electron chi connectivity index (χ2n) is 9.96. The zero-order valence-electron chi connectivity index (χ0n) is 21.5. The van der Waals surface area contributed by atoms with Gasteiger partial charge in [0.1, 0.15) is 0 Å². The van der Waals surface area contributed by atoms with Crippen molar-refractivity contribution in [3.8, 4) is 17.1 Å². The number of aromatic nitrogens is 3. The maximum Gasteiger partial charge on any atom is 0.233 e. The average Bonchev–Trinajstić information content (AvgIpc) is 3.27. The highest BCUT2D eigenvalue weighted by molar-refractivity contribution is 8.00. The number of hydrogen-bond donors (Lipinski definition) is 1. The number of benzene rings is 3. The summed E-state index contributed by atoms with van der Waals surface area (Å²) < 4.78 is 2.00. The van der Waals surface area contributed by atoms with Gasteiger partial charge >= 0.3 is 0 Å². The third-order valence-electron chi connectivity index (χ3n) is 6.10. The summed E-state index contributed by atoms with van der Waals surface area (Å²) in [5.74, 6) is 0.602. The van der Waals surface area contributed by atoms with Gasteiger partial charge in [0.2, 0.25) is 5.91 Å². The molecular formula is C29H30Cl2N4OS. The van der Waals surface area contributed by atoms with E-state index in [-0.39, 0.29) is 17.4 Å². The molecule has 2 atom stereocenters. The van der Waals surface area contributed by atoms with Crippen LogP contribution in [0.3, 0.4) is 0 Å². The van der Waals surface area contributed by atoms with E-state index in [0.717, 1.165) is 22.6 Å². The molecule has 0 saturated carbocycles. The minimum absolute atomic E-state index is 0.0583. The molecule has 0 spiro atoms. The van der Waals surface area contributed by atoms with Crippen molar-refractivity contribution >= 4 is 40.9 Å². The van der Waals surface area contributed by atoms with Gasteiger partial charge in [0.15, 0.2) is 11.0 Å². The normalized spacial score (nSPS) is 13.3. The molecule has 1 aromatic heterocycles. The SMILES string of the molecule is C[C@H](NC(=O)[C@@H](C)Sc1nnc(-c2ccc(C(C)(C)C)cc2)n1-c1ccccc1)c1ccc(Cl)cc1Cl. The molecular weight excluding hydrogens is 523 g/mol. The number of nitrogens with zero attached hydrogens (tertiary/aromatic N) is 3. The highest BCUT2D eigenvalue weighted by atomic mass is 35.5. The molecule has 0 fully saturated rings. The molecule has 1 N–H and O–H groups in total. The predicted octanol–water partition coefficient (Wildman–Crippen LogP) is 7.90. The molecule has 0 aliphatic rings. The molecule has 0 aliphatic heterocycles. The maximum absolute atomic E-state index is 13.1. The zero-order chi connectivity index (χ0) is 26.7. The van der Waals surface area contributed by atoms with Crippen LogP contribution in [0, 0.1) is 0 Å². The number of hydrogen-bond acceptors (Lipinski definition) is 4. The monoisotopic (exact) mass is 552 g/mol. The summed E-state index contributed by atoms with van der Waals surface area (Å²) >= 11 is 13.7. The van der Waals surface area contributed by atoms with Crippen LogP contribution in [0.4, 0.5) is 0 Å². The molecule has 0 saturated heterocycles. The van der Waals surface area contributed by atoms with E-state index in [0.29, 0.717) is 15.2 Å². The van der Waals surface area contributed by atoms with Gasteiger partial charge < -0.3 is 5.32 Å². The quantitative estimate of drug-likeness (QED) is 0.237. The van der Waals surface area contributed by atoms with Crippen LogP contribution in [0.5, 0.6) is 0 Å². The highest BCUT2D eigenvalue weighted by Crippen LogP contribution is 2.32. The number of carbonyl (C=O) groups is 1. The largest absolute Gasteiger partial charge is 0.349 e. The summed E-state index contributed by atoms with van der Waals surface area (Å²) in [7, 11) is 0. The van der Waals surface area contributed by atoms with Gasteiger partial charge in [0, 0.05) is 21.3 Å². The van der Waals surface area contributed by atoms with E-state index < -0.39 is 5.25 Å². The number of para-hydroxylation sites is 1. The van der Waals surface area contributed by atoms with Gasteiger partial charge in [-0.1, -0.05) is 104 Å². The number of carbonyl (C=O) groups excluding carboxylic acids is 1. The summed E-state index contributed by atoms with van der Waals surface area (Å²) in [6, 6.07) is 23.4. The Balaban J connectivity index is 1.59. The van der Waals surface area contributed by atoms with Crippen LogP contribution in [-0.2, 0) is 10.2 Å². The van der Waals surface area contributed by atoms with Gasteiger partial charge in [-0.25, -0.2) is 0 Å². The van der Waals surface area contributed by atoms with Crippen molar-refractivity contribution in [3.05, 3.63) is 94.0 Å². The first-order valence-electron chi connectivity index (χ1n) is 12.1. The van der Waals surface area contributed by atoms with E-state index in [1.807, 2.05) is 54.8 Å². The van der Waals surface area contributed by atoms with Crippen molar-refractivity contribution < 1.29 is 4.79 Å². The van der Waals surface area contributed by atoms with Crippen LogP contribution >= 0.6 is 35.0 Å². The Morgan fingerprint density at radius 3 is 2.24 bits per heavy atom. The number of rotatable bonds is 7. The highest BCUT2D eigenvalue weighted by Gasteiger charge is 2.24. The lowest BCUT2D eigenvalue weighted by Crippen LogP contribution is -2.33. The second-order valence-corrected chi connectivity index (χ2v) is 12.1. The van der Waals surface area contributed by atoms with Gasteiger partial charge in [0.05, 0.1) is 11.3 Å². The molecule has 1 heterocycles. The Labute approximate surface area is 232 Å². The summed E-state index contributed by atoms with van der Waals surface area (Å²) in [4.78, 5) is 13.1. The first kappa shape index (κ1) is 27.2. The Hall–Kier alpha value is -2.80. The third-order valence-corrected chi connectivity index (χ3v) is 7.70. The molecule has 0 radical (unpaired) electrons. The Bertz CT molecular complexity index is 1380. The smallest absolute Gasteiger partial charge is 0.233 e. The molecule has 5 nitrogen and oxygen atoms in total. The molecule has 0 bridgehead atoms. The Morgan fingerprint density at radius 2 is 1.62 bits per heavy atom. The number of nitrogens with one attached hydrogen (secondary N) is 1. The van der Waals surface area contributed by atoms with Crippen LogP contribution in [0.1, 0.15) is 51.8 Å². The van der Waals surface area contributed by atoms with Gasteiger partial charge in [0.25, 0.3) is 0 Å². The summed E-state index contributed by atoms with van der Waals surface area (Å²) in [6.07, 6.45) is 0. The zero-order valence-corrected chi connectivity index (χ0v) is 23.8. The Morgan fingerprint density at radius 1 is 0.946 bits per heavy atom. The lowest BCUT2D eigenvalue weighted by Gasteiger charge is -2.20. The topological polar surface area (TPSA) is 59.8 Å². The van der Waals surface area contributed by atoms with Crippen molar-refractivity contribution in [2.24, 2.45) is 0 Å². The summed E-state index contributed by atoms with van der Waals surface area (Å²) in [5.41, 5.74) is 4.00. The van der Waals surface area contributed by atoms with E-state index in [9.17, 15) is 4.79 Å². The second kappa shape index (κ2) is 11.3. The predicted molar refractivity (Wildman–Crippen MR) is 154 cm³/mol. The number of halogens is 2. The standard InChI is InChI=1S/C29H30Cl2N4OS/c1-18(24-16-15-22(30)17-25(24)31)32-27(36)19(2)37-28-34-33-26(35(28)23-9-7-6-8-10-23)20-11-13-21(14-12-20)29(3,4)5/h6-19H,1-5H3,(H,32,36)/t18-,19+/m0/s1. The van der Waals surface area contributed by atoms with Gasteiger partial charge in [-0.3, -0.25) is 9.36 Å². The van der Waals surface area contributed by atoms with Crippen LogP contribution in [-0.4, -0.2) is 25.9 Å². The molecule has 3 aromatic carbocycles. The lowest BCUT2D eigenvalue weighted by molar-refractivity contribution is -0.120. The average molecular weight is 554 g/mol. The van der Waals surface area contributed by atoms with Crippen molar-refractivity contribution in [3.63, 3.8) is 0 Å². The van der Waals surface area contributed by atoms with Gasteiger partial charge in [-0.05, 0) is 54.7 Å². The maximum atomic E-state index is 13.1. The molecule has 1 amide bonds.